The fourth-order valence-corrected chi connectivity index (χ4v) is 7.07. The molecule has 3 aromatic rings. The molecule has 2 N–H and O–H groups in total. The number of anilines is 1. The van der Waals surface area contributed by atoms with Gasteiger partial charge in [-0.2, -0.15) is 0 Å². The number of hydrogen-bond acceptors (Lipinski definition) is 5. The lowest BCUT2D eigenvalue weighted by molar-refractivity contribution is -0.139. The van der Waals surface area contributed by atoms with Gasteiger partial charge in [-0.1, -0.05) is 63.4 Å². The quantitative estimate of drug-likeness (QED) is 0.296. The number of aromatic nitrogens is 1. The summed E-state index contributed by atoms with van der Waals surface area (Å²) >= 11 is 13.7. The number of ether oxygens (including phenoxy) is 2. The Morgan fingerprint density at radius 3 is 2.53 bits per heavy atom. The fourth-order valence-electron chi connectivity index (χ4n) is 5.50. The van der Waals surface area contributed by atoms with Crippen LogP contribution in [0.5, 0.6) is 0 Å². The first-order valence-corrected chi connectivity index (χ1v) is 13.8. The third-order valence-corrected chi connectivity index (χ3v) is 8.99. The van der Waals surface area contributed by atoms with Gasteiger partial charge in [-0.25, -0.2) is 4.79 Å². The van der Waals surface area contributed by atoms with Gasteiger partial charge in [-0.3, -0.25) is 9.59 Å². The summed E-state index contributed by atoms with van der Waals surface area (Å²) in [6.45, 7) is 1.99. The number of carbonyl (C=O) groups excluding carboxylic acids is 3. The smallest absolute Gasteiger partial charge is 0.340 e. The number of aromatic amines is 1. The molecule has 0 fully saturated rings. The minimum atomic E-state index is -0.609. The largest absolute Gasteiger partial charge is 0.469 e. The monoisotopic (exact) mass is 660 g/mol. The van der Waals surface area contributed by atoms with Crippen LogP contribution in [0.2, 0.25) is 5.15 Å². The Morgan fingerprint density at radius 1 is 1.08 bits per heavy atom. The molecule has 2 aromatic carbocycles. The normalized spacial score (nSPS) is 17.5. The number of hydrogen-bond donors (Lipinski definition) is 2. The Labute approximate surface area is 241 Å². The zero-order valence-corrected chi connectivity index (χ0v) is 24.6. The Kier molecular flexibility index (Phi) is 7.28. The van der Waals surface area contributed by atoms with Crippen molar-refractivity contribution in [2.75, 3.05) is 19.5 Å². The topological polar surface area (TPSA) is 97.5 Å². The molecule has 1 amide bonds. The number of allylic oxidation sites excluding steroid dienone is 1. The summed E-state index contributed by atoms with van der Waals surface area (Å²) < 4.78 is 11.5. The lowest BCUT2D eigenvalue weighted by Crippen LogP contribution is -2.21. The first kappa shape index (κ1) is 26.7. The maximum atomic E-state index is 13.5. The van der Waals surface area contributed by atoms with Crippen molar-refractivity contribution in [3.63, 3.8) is 0 Å². The van der Waals surface area contributed by atoms with Gasteiger partial charge in [0.2, 0.25) is 5.91 Å². The zero-order valence-electron chi connectivity index (χ0n) is 20.7. The summed E-state index contributed by atoms with van der Waals surface area (Å²) in [4.78, 5) is 41.5. The molecule has 0 bridgehead atoms. The molecule has 2 heterocycles. The van der Waals surface area contributed by atoms with Crippen LogP contribution in [-0.4, -0.2) is 37.0 Å². The molecule has 2 atom stereocenters. The Hall–Kier alpha value is -2.88. The molecule has 1 aliphatic carbocycles. The van der Waals surface area contributed by atoms with Gasteiger partial charge in [-0.15, -0.1) is 0 Å². The molecule has 0 radical (unpaired) electrons. The van der Waals surface area contributed by atoms with E-state index in [4.69, 9.17) is 21.1 Å². The highest BCUT2D eigenvalue weighted by atomic mass is 79.9. The van der Waals surface area contributed by atoms with Crippen LogP contribution in [0.1, 0.15) is 55.7 Å². The number of amides is 1. The van der Waals surface area contributed by atoms with Crippen molar-refractivity contribution in [3.05, 3.63) is 89.1 Å². The number of methoxy groups -OCH3 is 2. The number of H-pyrrole nitrogens is 1. The van der Waals surface area contributed by atoms with Crippen LogP contribution in [0.4, 0.5) is 5.69 Å². The molecule has 196 valence electrons. The molecule has 7 nitrogen and oxygen atoms in total. The Balaban J connectivity index is 1.63. The van der Waals surface area contributed by atoms with Crippen molar-refractivity contribution in [2.45, 2.75) is 31.6 Å². The molecule has 10 heteroatoms. The summed E-state index contributed by atoms with van der Waals surface area (Å²) in [5.74, 6) is -2.01. The number of halogens is 3. The number of fused-ring (bicyclic) bond motifs is 2. The van der Waals surface area contributed by atoms with Gasteiger partial charge in [0.1, 0.15) is 5.15 Å². The van der Waals surface area contributed by atoms with Crippen molar-refractivity contribution >= 4 is 73.1 Å². The summed E-state index contributed by atoms with van der Waals surface area (Å²) in [6.07, 6.45) is 2.17. The molecular weight excluding hydrogens is 640 g/mol. The van der Waals surface area contributed by atoms with Crippen molar-refractivity contribution in [1.29, 1.82) is 0 Å². The highest BCUT2D eigenvalue weighted by molar-refractivity contribution is 9.11. The molecule has 0 spiro atoms. The standard InChI is InChI=1S/C28H23Br2ClN2O5/c1-12-17(29)11-18(30)25-21(12)24(27(35)33-25)22-14(8-13-6-4-5-7-15(13)22)9-19-23(28(36)38-3)16(26(31)32-19)10-20(34)37-2/h4-8,11,22,24,32H,9-10H2,1-3H3,(H,33,35). The van der Waals surface area contributed by atoms with Crippen LogP contribution < -0.4 is 5.32 Å². The first-order valence-electron chi connectivity index (χ1n) is 11.8. The number of rotatable bonds is 6. The predicted octanol–water partition coefficient (Wildman–Crippen LogP) is 6.46. The third kappa shape index (κ3) is 4.40. The Bertz CT molecular complexity index is 1540. The lowest BCUT2D eigenvalue weighted by atomic mass is 9.77. The van der Waals surface area contributed by atoms with Crippen LogP contribution in [0, 0.1) is 6.92 Å². The molecule has 0 saturated heterocycles. The second kappa shape index (κ2) is 10.4. The number of carbonyl (C=O) groups is 3. The van der Waals surface area contributed by atoms with Gasteiger partial charge >= 0.3 is 11.9 Å². The van der Waals surface area contributed by atoms with E-state index in [2.05, 4.69) is 48.2 Å². The average Bonchev–Trinajstić information content (AvgIpc) is 3.52. The maximum Gasteiger partial charge on any atom is 0.340 e. The highest BCUT2D eigenvalue weighted by Gasteiger charge is 2.44. The first-order chi connectivity index (χ1) is 18.2. The van der Waals surface area contributed by atoms with Crippen LogP contribution in [0.15, 0.2) is 44.9 Å². The van der Waals surface area contributed by atoms with E-state index in [1.54, 1.807) is 0 Å². The van der Waals surface area contributed by atoms with E-state index in [9.17, 15) is 14.4 Å². The summed E-state index contributed by atoms with van der Waals surface area (Å²) in [5.41, 5.74) is 6.67. The summed E-state index contributed by atoms with van der Waals surface area (Å²) in [7, 11) is 2.55. The molecular formula is C28H23Br2ClN2O5. The van der Waals surface area contributed by atoms with Crippen molar-refractivity contribution < 1.29 is 23.9 Å². The Morgan fingerprint density at radius 2 is 1.82 bits per heavy atom. The maximum absolute atomic E-state index is 13.5. The van der Waals surface area contributed by atoms with E-state index in [0.717, 1.165) is 42.5 Å². The van der Waals surface area contributed by atoms with Crippen LogP contribution in [0.3, 0.4) is 0 Å². The summed E-state index contributed by atoms with van der Waals surface area (Å²) in [5, 5.41) is 3.24. The third-order valence-electron chi connectivity index (χ3n) is 7.22. The van der Waals surface area contributed by atoms with E-state index in [0.29, 0.717) is 11.3 Å². The van der Waals surface area contributed by atoms with Crippen molar-refractivity contribution in [1.82, 2.24) is 4.98 Å². The van der Waals surface area contributed by atoms with Gasteiger partial charge in [0.15, 0.2) is 0 Å². The SMILES string of the molecule is COC(=O)Cc1c(Cl)[nH]c(CC2=Cc3ccccc3C2C2C(=O)Nc3c(Br)cc(Br)c(C)c32)c1C(=O)OC. The van der Waals surface area contributed by atoms with Crippen LogP contribution in [-0.2, 0) is 31.9 Å². The minimum Gasteiger partial charge on any atom is -0.469 e. The number of benzene rings is 2. The van der Waals surface area contributed by atoms with Crippen molar-refractivity contribution in [2.24, 2.45) is 0 Å². The average molecular weight is 663 g/mol. The second-order valence-electron chi connectivity index (χ2n) is 9.24. The molecule has 1 aromatic heterocycles. The van der Waals surface area contributed by atoms with E-state index < -0.39 is 17.9 Å². The molecule has 1 aliphatic heterocycles. The van der Waals surface area contributed by atoms with Gasteiger partial charge in [0.25, 0.3) is 0 Å². The molecule has 5 rings (SSSR count). The molecule has 2 unspecified atom stereocenters. The second-order valence-corrected chi connectivity index (χ2v) is 11.3. The number of esters is 2. The van der Waals surface area contributed by atoms with Gasteiger partial charge in [-0.05, 0) is 51.2 Å². The molecule has 2 aliphatic rings. The molecule has 0 saturated carbocycles. The van der Waals surface area contributed by atoms with Crippen molar-refractivity contribution in [3.8, 4) is 0 Å². The van der Waals surface area contributed by atoms with Gasteiger partial charge in [0.05, 0.1) is 37.8 Å². The zero-order chi connectivity index (χ0) is 27.3. The van der Waals surface area contributed by atoms with E-state index in [1.165, 1.54) is 14.2 Å². The van der Waals surface area contributed by atoms with Gasteiger partial charge < -0.3 is 19.8 Å². The van der Waals surface area contributed by atoms with Gasteiger partial charge in [0, 0.05) is 32.5 Å². The predicted molar refractivity (Wildman–Crippen MR) is 152 cm³/mol. The number of nitrogens with one attached hydrogen (secondary N) is 2. The summed E-state index contributed by atoms with van der Waals surface area (Å²) in [6, 6.07) is 9.89. The molecule has 38 heavy (non-hydrogen) atoms. The highest BCUT2D eigenvalue weighted by Crippen LogP contribution is 2.54. The minimum absolute atomic E-state index is 0.0985. The van der Waals surface area contributed by atoms with Crippen LogP contribution in [0.25, 0.3) is 6.08 Å². The van der Waals surface area contributed by atoms with Crippen LogP contribution >= 0.6 is 43.5 Å². The fraction of sp³-hybridized carbons (Fsp3) is 0.250. The van der Waals surface area contributed by atoms with E-state index in [1.807, 2.05) is 37.3 Å². The van der Waals surface area contributed by atoms with E-state index >= 15 is 0 Å². The van der Waals surface area contributed by atoms with E-state index in [-0.39, 0.29) is 35.4 Å². The lowest BCUT2D eigenvalue weighted by Gasteiger charge is -2.24.